The summed E-state index contributed by atoms with van der Waals surface area (Å²) in [6.45, 7) is 0.214. The van der Waals surface area contributed by atoms with Gasteiger partial charge in [0.2, 0.25) is 5.78 Å². The third-order valence-corrected chi connectivity index (χ3v) is 5.68. The predicted molar refractivity (Wildman–Crippen MR) is 108 cm³/mol. The number of para-hydroxylation sites is 2. The summed E-state index contributed by atoms with van der Waals surface area (Å²) in [6, 6.07) is 13.3. The van der Waals surface area contributed by atoms with Gasteiger partial charge in [-0.25, -0.2) is 0 Å². The average Bonchev–Trinajstić information content (AvgIpc) is 2.71. The molecule has 0 atom stereocenters. The molecule has 0 radical (unpaired) electrons. The molecule has 0 saturated heterocycles. The molecule has 0 saturated carbocycles. The van der Waals surface area contributed by atoms with E-state index in [1.54, 1.807) is 48.6 Å². The summed E-state index contributed by atoms with van der Waals surface area (Å²) >= 11 is 0. The molecular formula is C22H16O6S. The number of hydrogen-bond acceptors (Lipinski definition) is 6. The van der Waals surface area contributed by atoms with E-state index in [0.717, 1.165) is 0 Å². The molecule has 0 aliphatic carbocycles. The van der Waals surface area contributed by atoms with Gasteiger partial charge in [-0.05, 0) is 30.3 Å². The van der Waals surface area contributed by atoms with Crippen LogP contribution in [0, 0.1) is 0 Å². The third kappa shape index (κ3) is 3.60. The van der Waals surface area contributed by atoms with Crippen LogP contribution in [0.25, 0.3) is 5.76 Å². The Labute approximate surface area is 167 Å². The monoisotopic (exact) mass is 408 g/mol. The SMILES string of the molecule is O=C1\C(=C/C=C/C=C/C2=C(O)c3ccccc3OC2)S(=O)(=O)Oc2ccccc21. The maximum absolute atomic E-state index is 12.5. The molecule has 146 valence electrons. The highest BCUT2D eigenvalue weighted by molar-refractivity contribution is 7.92. The lowest BCUT2D eigenvalue weighted by atomic mass is 10.0. The zero-order valence-electron chi connectivity index (χ0n) is 15.1. The smallest absolute Gasteiger partial charge is 0.343 e. The van der Waals surface area contributed by atoms with Gasteiger partial charge in [-0.3, -0.25) is 4.79 Å². The van der Waals surface area contributed by atoms with Gasteiger partial charge >= 0.3 is 10.1 Å². The lowest BCUT2D eigenvalue weighted by molar-refractivity contribution is 0.103. The minimum atomic E-state index is -4.17. The highest BCUT2D eigenvalue weighted by Crippen LogP contribution is 2.32. The zero-order valence-corrected chi connectivity index (χ0v) is 15.9. The first-order chi connectivity index (χ1) is 14.0. The lowest BCUT2D eigenvalue weighted by Gasteiger charge is -2.18. The molecule has 6 nitrogen and oxygen atoms in total. The van der Waals surface area contributed by atoms with E-state index in [0.29, 0.717) is 16.9 Å². The number of benzene rings is 2. The molecular weight excluding hydrogens is 392 g/mol. The van der Waals surface area contributed by atoms with Crippen molar-refractivity contribution in [3.63, 3.8) is 0 Å². The summed E-state index contributed by atoms with van der Waals surface area (Å²) in [5, 5.41) is 10.3. The largest absolute Gasteiger partial charge is 0.507 e. The van der Waals surface area contributed by atoms with Crippen LogP contribution in [0.15, 0.2) is 89.4 Å². The quantitative estimate of drug-likeness (QED) is 0.470. The summed E-state index contributed by atoms with van der Waals surface area (Å²) < 4.78 is 35.0. The Balaban J connectivity index is 1.55. The van der Waals surface area contributed by atoms with Gasteiger partial charge in [0.1, 0.15) is 18.1 Å². The molecule has 2 aromatic carbocycles. The van der Waals surface area contributed by atoms with Crippen molar-refractivity contribution in [2.75, 3.05) is 6.61 Å². The first-order valence-corrected chi connectivity index (χ1v) is 10.2. The van der Waals surface area contributed by atoms with Crippen molar-refractivity contribution in [2.45, 2.75) is 0 Å². The van der Waals surface area contributed by atoms with E-state index in [2.05, 4.69) is 0 Å². The van der Waals surface area contributed by atoms with Crippen molar-refractivity contribution in [1.29, 1.82) is 0 Å². The van der Waals surface area contributed by atoms with Gasteiger partial charge in [-0.2, -0.15) is 8.42 Å². The average molecular weight is 408 g/mol. The maximum atomic E-state index is 12.5. The summed E-state index contributed by atoms with van der Waals surface area (Å²) in [5.41, 5.74) is 1.39. The molecule has 0 amide bonds. The molecule has 0 fully saturated rings. The number of hydrogen-bond donors (Lipinski definition) is 1. The van der Waals surface area contributed by atoms with E-state index in [9.17, 15) is 18.3 Å². The number of aliphatic hydroxyl groups is 1. The van der Waals surface area contributed by atoms with E-state index in [1.807, 2.05) is 6.07 Å². The van der Waals surface area contributed by atoms with Crippen LogP contribution in [0.3, 0.4) is 0 Å². The number of fused-ring (bicyclic) bond motifs is 2. The first kappa shape index (κ1) is 18.8. The number of ether oxygens (including phenoxy) is 1. The first-order valence-electron chi connectivity index (χ1n) is 8.75. The standard InChI is InChI=1S/C22H16O6S/c23-21-15(14-27-18-11-6-4-9-16(18)21)8-2-1-3-13-20-22(24)17-10-5-7-12-19(17)28-29(20,25)26/h1-13,23H,14H2/b3-1+,8-2+,20-13+. The fourth-order valence-electron chi connectivity index (χ4n) is 2.99. The Hall–Kier alpha value is -3.58. The van der Waals surface area contributed by atoms with Crippen LogP contribution in [0.2, 0.25) is 0 Å². The van der Waals surface area contributed by atoms with Crippen molar-refractivity contribution < 1.29 is 27.2 Å². The van der Waals surface area contributed by atoms with Crippen LogP contribution in [0.5, 0.6) is 11.5 Å². The molecule has 0 aromatic heterocycles. The third-order valence-electron chi connectivity index (χ3n) is 4.42. The molecule has 2 aliphatic heterocycles. The number of Topliss-reactive ketones (excluding diaryl/α,β-unsaturated/α-hetero) is 1. The maximum Gasteiger partial charge on any atom is 0.343 e. The molecule has 4 rings (SSSR count). The van der Waals surface area contributed by atoms with Crippen LogP contribution < -0.4 is 8.92 Å². The van der Waals surface area contributed by atoms with Gasteiger partial charge in [0.15, 0.2) is 10.7 Å². The highest BCUT2D eigenvalue weighted by atomic mass is 32.2. The lowest BCUT2D eigenvalue weighted by Crippen LogP contribution is -2.25. The normalized spacial score (nSPS) is 19.2. The van der Waals surface area contributed by atoms with Crippen LogP contribution >= 0.6 is 0 Å². The van der Waals surface area contributed by atoms with Gasteiger partial charge in [-0.15, -0.1) is 0 Å². The van der Waals surface area contributed by atoms with Gasteiger partial charge < -0.3 is 14.0 Å². The van der Waals surface area contributed by atoms with Crippen molar-refractivity contribution in [2.24, 2.45) is 0 Å². The summed E-state index contributed by atoms with van der Waals surface area (Å²) in [7, 11) is -4.17. The summed E-state index contributed by atoms with van der Waals surface area (Å²) in [6.07, 6.45) is 7.45. The molecule has 7 heteroatoms. The number of carbonyl (C=O) groups is 1. The Morgan fingerprint density at radius 3 is 2.38 bits per heavy atom. The van der Waals surface area contributed by atoms with E-state index in [1.165, 1.54) is 24.3 Å². The molecule has 2 heterocycles. The Morgan fingerprint density at radius 1 is 0.897 bits per heavy atom. The number of aliphatic hydroxyl groups excluding tert-OH is 1. The molecule has 1 N–H and O–H groups in total. The minimum absolute atomic E-state index is 0.0264. The number of rotatable bonds is 3. The molecule has 0 bridgehead atoms. The van der Waals surface area contributed by atoms with E-state index < -0.39 is 20.8 Å². The van der Waals surface area contributed by atoms with Gasteiger partial charge in [0, 0.05) is 5.57 Å². The summed E-state index contributed by atoms with van der Waals surface area (Å²) in [5.74, 6) is 0.158. The van der Waals surface area contributed by atoms with E-state index in [-0.39, 0.29) is 23.7 Å². The minimum Gasteiger partial charge on any atom is -0.507 e. The van der Waals surface area contributed by atoms with E-state index >= 15 is 0 Å². The molecule has 2 aliphatic rings. The van der Waals surface area contributed by atoms with Crippen molar-refractivity contribution in [3.05, 3.63) is 101 Å². The Kier molecular flexibility index (Phi) is 4.82. The molecule has 2 aromatic rings. The molecule has 0 spiro atoms. The van der Waals surface area contributed by atoms with Crippen molar-refractivity contribution in [1.82, 2.24) is 0 Å². The second-order valence-corrected chi connectivity index (χ2v) is 7.81. The fraction of sp³-hybridized carbons (Fsp3) is 0.0455. The number of carbonyl (C=O) groups excluding carboxylic acids is 1. The second-order valence-electron chi connectivity index (χ2n) is 6.30. The second kappa shape index (κ2) is 7.44. The molecule has 0 unspecified atom stereocenters. The van der Waals surface area contributed by atoms with Gasteiger partial charge in [0.05, 0.1) is 11.1 Å². The highest BCUT2D eigenvalue weighted by Gasteiger charge is 2.35. The van der Waals surface area contributed by atoms with E-state index in [4.69, 9.17) is 8.92 Å². The number of allylic oxidation sites excluding steroid dienone is 5. The molecule has 29 heavy (non-hydrogen) atoms. The van der Waals surface area contributed by atoms with Crippen molar-refractivity contribution in [3.8, 4) is 11.5 Å². The zero-order chi connectivity index (χ0) is 20.4. The predicted octanol–water partition coefficient (Wildman–Crippen LogP) is 3.95. The van der Waals surface area contributed by atoms with Crippen LogP contribution in [-0.2, 0) is 10.1 Å². The summed E-state index contributed by atoms with van der Waals surface area (Å²) in [4.78, 5) is 12.0. The Bertz CT molecular complexity index is 1220. The Morgan fingerprint density at radius 2 is 1.59 bits per heavy atom. The van der Waals surface area contributed by atoms with Crippen LogP contribution in [-0.4, -0.2) is 25.9 Å². The topological polar surface area (TPSA) is 89.9 Å². The van der Waals surface area contributed by atoms with Gasteiger partial charge in [-0.1, -0.05) is 48.6 Å². The van der Waals surface area contributed by atoms with Gasteiger partial charge in [0.25, 0.3) is 0 Å². The number of ketones is 1. The van der Waals surface area contributed by atoms with Crippen LogP contribution in [0.1, 0.15) is 15.9 Å². The van der Waals surface area contributed by atoms with Crippen LogP contribution in [0.4, 0.5) is 0 Å². The fourth-order valence-corrected chi connectivity index (χ4v) is 4.04. The van der Waals surface area contributed by atoms with Crippen molar-refractivity contribution >= 4 is 21.7 Å².